The lowest BCUT2D eigenvalue weighted by Gasteiger charge is -2.25. The third-order valence-corrected chi connectivity index (χ3v) is 6.42. The SMILES string of the molecule is COc1ccc(C(=O)Nc2nc3c(Sc4ccccc4)ncnc3n2C2CCCCO2)cc1. The summed E-state index contributed by atoms with van der Waals surface area (Å²) in [7, 11) is 1.59. The first-order valence-corrected chi connectivity index (χ1v) is 11.6. The van der Waals surface area contributed by atoms with Gasteiger partial charge in [0.25, 0.3) is 5.91 Å². The Balaban J connectivity index is 1.54. The number of imidazole rings is 1. The van der Waals surface area contributed by atoms with Crippen LogP contribution in [0.3, 0.4) is 0 Å². The number of aromatic nitrogens is 4. The fraction of sp³-hybridized carbons (Fsp3) is 0.250. The van der Waals surface area contributed by atoms with Gasteiger partial charge in [0.15, 0.2) is 5.65 Å². The summed E-state index contributed by atoms with van der Waals surface area (Å²) in [6, 6.07) is 16.9. The molecule has 1 fully saturated rings. The second-order valence-corrected chi connectivity index (χ2v) is 8.64. The number of hydrogen-bond acceptors (Lipinski definition) is 7. The molecule has 168 valence electrons. The average Bonchev–Trinajstić information content (AvgIpc) is 3.24. The van der Waals surface area contributed by atoms with Crippen LogP contribution in [-0.2, 0) is 4.74 Å². The number of hydrogen-bond donors (Lipinski definition) is 1. The molecule has 1 atom stereocenters. The fourth-order valence-corrected chi connectivity index (χ4v) is 4.62. The molecule has 1 unspecified atom stereocenters. The largest absolute Gasteiger partial charge is 0.497 e. The number of nitrogens with one attached hydrogen (secondary N) is 1. The van der Waals surface area contributed by atoms with Crippen molar-refractivity contribution in [2.45, 2.75) is 35.4 Å². The molecule has 4 aromatic rings. The van der Waals surface area contributed by atoms with Gasteiger partial charge in [-0.25, -0.2) is 15.0 Å². The lowest BCUT2D eigenvalue weighted by molar-refractivity contribution is -0.0285. The number of rotatable bonds is 6. The van der Waals surface area contributed by atoms with Gasteiger partial charge in [-0.15, -0.1) is 0 Å². The Bertz CT molecular complexity index is 1250. The normalized spacial score (nSPS) is 16.0. The van der Waals surface area contributed by atoms with Crippen LogP contribution < -0.4 is 10.1 Å². The molecule has 1 amide bonds. The van der Waals surface area contributed by atoms with E-state index in [2.05, 4.69) is 15.3 Å². The van der Waals surface area contributed by atoms with Crippen LogP contribution in [0.1, 0.15) is 35.8 Å². The standard InChI is InChI=1S/C24H23N5O3S/c1-31-17-12-10-16(11-13-17)22(30)28-24-27-20-21(29(24)19-9-5-6-14-32-19)25-15-26-23(20)33-18-7-3-2-4-8-18/h2-4,7-8,10-13,15,19H,5-6,9,14H2,1H3,(H,27,28,30). The molecule has 9 heteroatoms. The summed E-state index contributed by atoms with van der Waals surface area (Å²) in [5, 5.41) is 3.68. The zero-order chi connectivity index (χ0) is 22.6. The highest BCUT2D eigenvalue weighted by Crippen LogP contribution is 2.35. The molecule has 3 heterocycles. The topological polar surface area (TPSA) is 91.2 Å². The van der Waals surface area contributed by atoms with E-state index in [9.17, 15) is 4.79 Å². The van der Waals surface area contributed by atoms with E-state index in [0.29, 0.717) is 35.0 Å². The Hall–Kier alpha value is -3.43. The number of anilines is 1. The molecule has 1 aliphatic heterocycles. The highest BCUT2D eigenvalue weighted by atomic mass is 32.2. The lowest BCUT2D eigenvalue weighted by Crippen LogP contribution is -2.22. The second kappa shape index (κ2) is 9.60. The number of ether oxygens (including phenoxy) is 2. The molecule has 8 nitrogen and oxygen atoms in total. The number of nitrogens with zero attached hydrogens (tertiary/aromatic N) is 4. The Labute approximate surface area is 195 Å². The van der Waals surface area contributed by atoms with E-state index in [0.717, 1.165) is 29.2 Å². The number of amides is 1. The molecular weight excluding hydrogens is 438 g/mol. The maximum absolute atomic E-state index is 13.0. The first-order chi connectivity index (χ1) is 16.2. The summed E-state index contributed by atoms with van der Waals surface area (Å²) in [6.45, 7) is 0.660. The summed E-state index contributed by atoms with van der Waals surface area (Å²) in [5.74, 6) is 0.815. The highest BCUT2D eigenvalue weighted by Gasteiger charge is 2.26. The van der Waals surface area contributed by atoms with E-state index in [1.54, 1.807) is 31.4 Å². The Morgan fingerprint density at radius 1 is 1.12 bits per heavy atom. The molecule has 0 spiro atoms. The summed E-state index contributed by atoms with van der Waals surface area (Å²) in [6.07, 6.45) is 4.15. The van der Waals surface area contributed by atoms with Crippen molar-refractivity contribution in [1.82, 2.24) is 19.5 Å². The minimum atomic E-state index is -0.268. The van der Waals surface area contributed by atoms with Gasteiger partial charge in [0.05, 0.1) is 7.11 Å². The maximum atomic E-state index is 13.0. The van der Waals surface area contributed by atoms with Crippen molar-refractivity contribution in [1.29, 1.82) is 0 Å². The second-order valence-electron chi connectivity index (χ2n) is 7.58. The van der Waals surface area contributed by atoms with Gasteiger partial charge in [0.2, 0.25) is 5.95 Å². The van der Waals surface area contributed by atoms with E-state index >= 15 is 0 Å². The van der Waals surface area contributed by atoms with Crippen LogP contribution in [0, 0.1) is 0 Å². The molecule has 0 aliphatic carbocycles. The predicted molar refractivity (Wildman–Crippen MR) is 126 cm³/mol. The number of methoxy groups -OCH3 is 1. The number of benzene rings is 2. The van der Waals surface area contributed by atoms with Gasteiger partial charge in [-0.05, 0) is 55.7 Å². The molecule has 1 N–H and O–H groups in total. The van der Waals surface area contributed by atoms with Gasteiger partial charge >= 0.3 is 0 Å². The van der Waals surface area contributed by atoms with E-state index in [1.807, 2.05) is 34.9 Å². The monoisotopic (exact) mass is 461 g/mol. The summed E-state index contributed by atoms with van der Waals surface area (Å²) >= 11 is 1.51. The molecular formula is C24H23N5O3S. The van der Waals surface area contributed by atoms with Gasteiger partial charge in [-0.1, -0.05) is 30.0 Å². The van der Waals surface area contributed by atoms with Gasteiger partial charge in [-0.2, -0.15) is 0 Å². The van der Waals surface area contributed by atoms with Crippen molar-refractivity contribution in [2.75, 3.05) is 19.0 Å². The van der Waals surface area contributed by atoms with Crippen LogP contribution in [0.5, 0.6) is 5.75 Å². The molecule has 0 saturated carbocycles. The van der Waals surface area contributed by atoms with E-state index in [1.165, 1.54) is 18.1 Å². The minimum Gasteiger partial charge on any atom is -0.497 e. The number of carbonyl (C=O) groups is 1. The van der Waals surface area contributed by atoms with Crippen LogP contribution in [0.2, 0.25) is 0 Å². The Morgan fingerprint density at radius 3 is 2.67 bits per heavy atom. The molecule has 1 aliphatic rings. The molecule has 1 saturated heterocycles. The van der Waals surface area contributed by atoms with E-state index in [4.69, 9.17) is 14.5 Å². The van der Waals surface area contributed by atoms with Crippen LogP contribution >= 0.6 is 11.8 Å². The van der Waals surface area contributed by atoms with Crippen LogP contribution in [0.15, 0.2) is 70.8 Å². The Morgan fingerprint density at radius 2 is 1.94 bits per heavy atom. The average molecular weight is 462 g/mol. The molecule has 5 rings (SSSR count). The first kappa shape index (κ1) is 21.4. The quantitative estimate of drug-likeness (QED) is 0.407. The van der Waals surface area contributed by atoms with Gasteiger partial charge in [0, 0.05) is 17.1 Å². The van der Waals surface area contributed by atoms with Crippen molar-refractivity contribution in [2.24, 2.45) is 0 Å². The maximum Gasteiger partial charge on any atom is 0.257 e. The minimum absolute atomic E-state index is 0.251. The molecule has 0 bridgehead atoms. The van der Waals surface area contributed by atoms with Crippen molar-refractivity contribution >= 4 is 34.8 Å². The molecule has 0 radical (unpaired) electrons. The highest BCUT2D eigenvalue weighted by molar-refractivity contribution is 7.99. The fourth-order valence-electron chi connectivity index (χ4n) is 3.77. The van der Waals surface area contributed by atoms with Gasteiger partial charge < -0.3 is 9.47 Å². The number of fused-ring (bicyclic) bond motifs is 1. The van der Waals surface area contributed by atoms with E-state index < -0.39 is 0 Å². The Kier molecular flexibility index (Phi) is 6.23. The van der Waals surface area contributed by atoms with Crippen molar-refractivity contribution in [3.8, 4) is 5.75 Å². The third kappa shape index (κ3) is 4.55. The zero-order valence-corrected chi connectivity index (χ0v) is 18.9. The first-order valence-electron chi connectivity index (χ1n) is 10.8. The van der Waals surface area contributed by atoms with Crippen molar-refractivity contribution < 1.29 is 14.3 Å². The van der Waals surface area contributed by atoms with Crippen LogP contribution in [0.25, 0.3) is 11.2 Å². The molecule has 2 aromatic heterocycles. The van der Waals surface area contributed by atoms with Crippen LogP contribution in [0.4, 0.5) is 5.95 Å². The van der Waals surface area contributed by atoms with E-state index in [-0.39, 0.29) is 12.1 Å². The smallest absolute Gasteiger partial charge is 0.257 e. The lowest BCUT2D eigenvalue weighted by atomic mass is 10.2. The van der Waals surface area contributed by atoms with Crippen molar-refractivity contribution in [3.63, 3.8) is 0 Å². The zero-order valence-electron chi connectivity index (χ0n) is 18.1. The van der Waals surface area contributed by atoms with Crippen LogP contribution in [-0.4, -0.2) is 39.1 Å². The van der Waals surface area contributed by atoms with Gasteiger partial charge in [-0.3, -0.25) is 14.7 Å². The molecule has 33 heavy (non-hydrogen) atoms. The summed E-state index contributed by atoms with van der Waals surface area (Å²) in [5.41, 5.74) is 1.77. The summed E-state index contributed by atoms with van der Waals surface area (Å²) < 4.78 is 13.1. The predicted octanol–water partition coefficient (Wildman–Crippen LogP) is 4.94. The summed E-state index contributed by atoms with van der Waals surface area (Å²) in [4.78, 5) is 27.8. The third-order valence-electron chi connectivity index (χ3n) is 5.42. The number of carbonyl (C=O) groups excluding carboxylic acids is 1. The van der Waals surface area contributed by atoms with Gasteiger partial charge in [0.1, 0.15) is 28.8 Å². The molecule has 2 aromatic carbocycles. The van der Waals surface area contributed by atoms with Crippen molar-refractivity contribution in [3.05, 3.63) is 66.5 Å².